The molecule has 0 aromatic rings. The van der Waals surface area contributed by atoms with Crippen LogP contribution in [0.25, 0.3) is 0 Å². The van der Waals surface area contributed by atoms with Crippen molar-refractivity contribution in [2.75, 3.05) is 13.2 Å². The minimum atomic E-state index is -1.28. The number of esters is 2. The normalized spacial score (nSPS) is 47.0. The number of fused-ring (bicyclic) bond motifs is 7. The van der Waals surface area contributed by atoms with Gasteiger partial charge in [0, 0.05) is 16.6 Å². The molecule has 12 atom stereocenters. The number of rotatable bonds is 6. The number of aliphatic hydroxyl groups is 4. The van der Waals surface area contributed by atoms with Crippen molar-refractivity contribution in [2.45, 2.75) is 139 Å². The van der Waals surface area contributed by atoms with Crippen molar-refractivity contribution in [3.8, 4) is 0 Å². The fourth-order valence-corrected chi connectivity index (χ4v) is 11.8. The summed E-state index contributed by atoms with van der Waals surface area (Å²) in [5.74, 6) is -0.738. The molecule has 0 amide bonds. The van der Waals surface area contributed by atoms with Crippen molar-refractivity contribution in [3.63, 3.8) is 0 Å². The summed E-state index contributed by atoms with van der Waals surface area (Å²) in [5.41, 5.74) is -0.998. The van der Waals surface area contributed by atoms with Crippen LogP contribution in [0.15, 0.2) is 34.9 Å². The van der Waals surface area contributed by atoms with Crippen LogP contribution < -0.4 is 0 Å². The van der Waals surface area contributed by atoms with Gasteiger partial charge in [-0.25, -0.2) is 9.59 Å². The van der Waals surface area contributed by atoms with E-state index in [4.69, 9.17) is 9.47 Å². The van der Waals surface area contributed by atoms with Crippen LogP contribution in [0.3, 0.4) is 0 Å². The van der Waals surface area contributed by atoms with Gasteiger partial charge in [0.05, 0.1) is 36.4 Å². The second kappa shape index (κ2) is 12.3. The molecule has 0 heterocycles. The number of allylic oxidation sites excluding steroid dienone is 4. The third kappa shape index (κ3) is 5.12. The monoisotopic (exact) mass is 670 g/mol. The van der Waals surface area contributed by atoms with Gasteiger partial charge in [0.25, 0.3) is 0 Å². The van der Waals surface area contributed by atoms with Crippen molar-refractivity contribution in [3.05, 3.63) is 34.9 Å². The third-order valence-electron chi connectivity index (χ3n) is 15.4. The Kier molecular flexibility index (Phi) is 9.58. The van der Waals surface area contributed by atoms with Crippen LogP contribution in [0.2, 0.25) is 0 Å². The zero-order valence-electron chi connectivity index (χ0n) is 31.1. The maximum absolute atomic E-state index is 12.9. The van der Waals surface area contributed by atoms with Gasteiger partial charge >= 0.3 is 11.9 Å². The zero-order valence-corrected chi connectivity index (χ0v) is 31.1. The predicted molar refractivity (Wildman–Crippen MR) is 184 cm³/mol. The number of aliphatic hydroxyl groups excluding tert-OH is 4. The molecule has 270 valence electrons. The highest BCUT2D eigenvalue weighted by Gasteiger charge is 2.72. The van der Waals surface area contributed by atoms with E-state index in [1.807, 2.05) is 20.8 Å². The summed E-state index contributed by atoms with van der Waals surface area (Å²) < 4.78 is 11.7. The lowest BCUT2D eigenvalue weighted by molar-refractivity contribution is -0.260. The van der Waals surface area contributed by atoms with Crippen LogP contribution in [0.5, 0.6) is 0 Å². The molecule has 0 spiro atoms. The average Bonchev–Trinajstić information content (AvgIpc) is 3.03. The number of hydrogen-bond donors (Lipinski definition) is 4. The molecule has 4 saturated carbocycles. The Morgan fingerprint density at radius 2 is 1.38 bits per heavy atom. The maximum Gasteiger partial charge on any atom is 0.333 e. The molecular formula is C40H62O8. The second-order valence-corrected chi connectivity index (χ2v) is 17.9. The molecule has 4 N–H and O–H groups in total. The standard InChI is InChI=1S/C40H62O8/c1-11-23(3)33(45)47-21-37(8)27-15-18-38(9)28(36(27,7)17-16-29(37)41)14-13-25-26-19-35(5,6)31(43)32(44)40(26,30(42)20-39(25,38)10)22-48-34(46)24(4)12-2/h11-13,26-32,41-44H,14-22H2,1-10H3/b23-11-,24-12-/t26?,27?,28?,29-,30+,31-,32-,36-,37+,38+,39+,40-/m0/s1. The highest BCUT2D eigenvalue weighted by atomic mass is 16.5. The van der Waals surface area contributed by atoms with E-state index in [1.165, 1.54) is 5.57 Å². The van der Waals surface area contributed by atoms with Crippen LogP contribution in [0.4, 0.5) is 0 Å². The van der Waals surface area contributed by atoms with Gasteiger partial charge in [0.2, 0.25) is 0 Å². The molecule has 5 rings (SSSR count). The van der Waals surface area contributed by atoms with E-state index in [2.05, 4.69) is 33.8 Å². The molecule has 5 aliphatic rings. The van der Waals surface area contributed by atoms with E-state index in [0.29, 0.717) is 30.4 Å². The lowest BCUT2D eigenvalue weighted by Gasteiger charge is -2.72. The first-order valence-corrected chi connectivity index (χ1v) is 18.2. The van der Waals surface area contributed by atoms with Gasteiger partial charge < -0.3 is 29.9 Å². The first kappa shape index (κ1) is 37.3. The molecule has 5 aliphatic carbocycles. The fourth-order valence-electron chi connectivity index (χ4n) is 11.8. The van der Waals surface area contributed by atoms with Gasteiger partial charge in [-0.15, -0.1) is 0 Å². The minimum Gasteiger partial charge on any atom is -0.462 e. The van der Waals surface area contributed by atoms with Gasteiger partial charge in [-0.2, -0.15) is 0 Å². The van der Waals surface area contributed by atoms with Crippen LogP contribution >= 0.6 is 0 Å². The van der Waals surface area contributed by atoms with Gasteiger partial charge in [0.1, 0.15) is 6.61 Å². The quantitative estimate of drug-likeness (QED) is 0.152. The zero-order chi connectivity index (χ0) is 35.8. The van der Waals surface area contributed by atoms with Gasteiger partial charge in [-0.3, -0.25) is 0 Å². The molecule has 3 unspecified atom stereocenters. The number of ether oxygens (including phenoxy) is 2. The summed E-state index contributed by atoms with van der Waals surface area (Å²) in [6, 6.07) is 0. The van der Waals surface area contributed by atoms with E-state index in [9.17, 15) is 30.0 Å². The molecule has 0 radical (unpaired) electrons. The highest BCUT2D eigenvalue weighted by molar-refractivity contribution is 5.88. The first-order valence-electron chi connectivity index (χ1n) is 18.2. The number of hydrogen-bond acceptors (Lipinski definition) is 8. The molecule has 0 aromatic carbocycles. The summed E-state index contributed by atoms with van der Waals surface area (Å²) in [4.78, 5) is 25.6. The Labute approximate surface area is 288 Å². The summed E-state index contributed by atoms with van der Waals surface area (Å²) in [6.45, 7) is 20.1. The molecule has 48 heavy (non-hydrogen) atoms. The lowest BCUT2D eigenvalue weighted by atomic mass is 9.33. The second-order valence-electron chi connectivity index (χ2n) is 17.9. The Bertz CT molecular complexity index is 1390. The van der Waals surface area contributed by atoms with Crippen LogP contribution in [-0.4, -0.2) is 70.0 Å². The Hall–Kier alpha value is -2.00. The molecule has 8 heteroatoms. The minimum absolute atomic E-state index is 0.136. The lowest BCUT2D eigenvalue weighted by Crippen LogP contribution is -2.72. The Morgan fingerprint density at radius 3 is 1.96 bits per heavy atom. The van der Waals surface area contributed by atoms with E-state index in [-0.39, 0.29) is 47.8 Å². The molecule has 0 aromatic heterocycles. The molecule has 4 fully saturated rings. The molecule has 8 nitrogen and oxygen atoms in total. The Morgan fingerprint density at radius 1 is 0.792 bits per heavy atom. The van der Waals surface area contributed by atoms with Gasteiger partial charge in [-0.1, -0.05) is 65.3 Å². The van der Waals surface area contributed by atoms with Gasteiger partial charge in [0.15, 0.2) is 0 Å². The fraction of sp³-hybridized carbons (Fsp3) is 0.800. The molecule has 0 bridgehead atoms. The van der Waals surface area contributed by atoms with E-state index >= 15 is 0 Å². The first-order chi connectivity index (χ1) is 22.2. The van der Waals surface area contributed by atoms with Crippen molar-refractivity contribution < 1.29 is 39.5 Å². The largest absolute Gasteiger partial charge is 0.462 e. The smallest absolute Gasteiger partial charge is 0.333 e. The van der Waals surface area contributed by atoms with Crippen LogP contribution in [0.1, 0.15) is 114 Å². The van der Waals surface area contributed by atoms with Gasteiger partial charge in [-0.05, 0) is 112 Å². The van der Waals surface area contributed by atoms with Crippen molar-refractivity contribution in [1.29, 1.82) is 0 Å². The summed E-state index contributed by atoms with van der Waals surface area (Å²) >= 11 is 0. The van der Waals surface area contributed by atoms with Crippen molar-refractivity contribution >= 4 is 11.9 Å². The van der Waals surface area contributed by atoms with E-state index in [1.54, 1.807) is 32.9 Å². The average molecular weight is 671 g/mol. The van der Waals surface area contributed by atoms with E-state index < -0.39 is 52.0 Å². The SMILES string of the molecule is C/C=C(/C)C(=O)OC[C@@]12C(CC(C)(C)[C@@H](O)[C@@H]1O)C1=CCC3[C@@]4(C)CC[C@H](O)[C@](C)(COC(=O)/C(C)=C\C)C4CC[C@@]3(C)[C@]1(C)C[C@H]2O. The topological polar surface area (TPSA) is 134 Å². The van der Waals surface area contributed by atoms with Crippen LogP contribution in [-0.2, 0) is 19.1 Å². The molecular weight excluding hydrogens is 608 g/mol. The summed E-state index contributed by atoms with van der Waals surface area (Å²) in [6.07, 6.45) is 6.82. The summed E-state index contributed by atoms with van der Waals surface area (Å²) in [7, 11) is 0. The number of carbonyl (C=O) groups is 2. The highest BCUT2D eigenvalue weighted by Crippen LogP contribution is 2.75. The van der Waals surface area contributed by atoms with E-state index in [0.717, 1.165) is 25.7 Å². The predicted octanol–water partition coefficient (Wildman–Crippen LogP) is 6.06. The molecule has 0 saturated heterocycles. The summed E-state index contributed by atoms with van der Waals surface area (Å²) in [5, 5.41) is 47.2. The Balaban J connectivity index is 1.55. The number of carbonyl (C=O) groups excluding carboxylic acids is 2. The van der Waals surface area contributed by atoms with Crippen molar-refractivity contribution in [1.82, 2.24) is 0 Å². The molecule has 0 aliphatic heterocycles. The van der Waals surface area contributed by atoms with Crippen molar-refractivity contribution in [2.24, 2.45) is 50.2 Å². The van der Waals surface area contributed by atoms with Crippen LogP contribution in [0, 0.1) is 50.2 Å². The third-order valence-corrected chi connectivity index (χ3v) is 15.4. The maximum atomic E-state index is 12.9.